The van der Waals surface area contributed by atoms with Gasteiger partial charge in [0.15, 0.2) is 0 Å². The number of benzene rings is 1. The third-order valence-corrected chi connectivity index (χ3v) is 3.91. The average molecular weight is 192 g/mol. The molecular weight excluding hydrogens is 172 g/mol. The molecule has 1 rings (SSSR count). The van der Waals surface area contributed by atoms with Crippen molar-refractivity contribution in [3.8, 4) is 0 Å². The molecule has 72 valence electrons. The zero-order chi connectivity index (χ0) is 9.90. The molecule has 1 heteroatoms. The van der Waals surface area contributed by atoms with Gasteiger partial charge in [0, 0.05) is 0 Å². The zero-order valence-corrected chi connectivity index (χ0v) is 10.6. The smallest absolute Gasteiger partial charge is 0.0544 e. The van der Waals surface area contributed by atoms with Crippen LogP contribution in [0.25, 0.3) is 0 Å². The van der Waals surface area contributed by atoms with Crippen LogP contribution in [0.2, 0.25) is 6.04 Å². The second-order valence-electron chi connectivity index (χ2n) is 4.70. The SMILES string of the molecule is CC[SiH2]c1ccc(C(C)(C)C)cc1. The molecule has 0 heterocycles. The van der Waals surface area contributed by atoms with Crippen molar-refractivity contribution in [3.63, 3.8) is 0 Å². The molecular formula is C12H20Si. The van der Waals surface area contributed by atoms with Gasteiger partial charge in [-0.2, -0.15) is 0 Å². The topological polar surface area (TPSA) is 0 Å². The van der Waals surface area contributed by atoms with E-state index in [1.807, 2.05) is 0 Å². The van der Waals surface area contributed by atoms with Gasteiger partial charge in [0.1, 0.15) is 0 Å². The van der Waals surface area contributed by atoms with Crippen LogP contribution in [0.3, 0.4) is 0 Å². The molecule has 0 radical (unpaired) electrons. The Morgan fingerprint density at radius 1 is 1.08 bits per heavy atom. The lowest BCUT2D eigenvalue weighted by Crippen LogP contribution is -2.16. The summed E-state index contributed by atoms with van der Waals surface area (Å²) in [4.78, 5) is 0. The molecule has 0 aliphatic heterocycles. The van der Waals surface area contributed by atoms with Crippen LogP contribution in [0.4, 0.5) is 0 Å². The van der Waals surface area contributed by atoms with Crippen LogP contribution in [-0.2, 0) is 5.41 Å². The second-order valence-corrected chi connectivity index (χ2v) is 7.01. The van der Waals surface area contributed by atoms with Gasteiger partial charge >= 0.3 is 0 Å². The molecule has 0 aliphatic rings. The fourth-order valence-electron chi connectivity index (χ4n) is 1.46. The highest BCUT2D eigenvalue weighted by molar-refractivity contribution is 6.53. The first-order valence-electron chi connectivity index (χ1n) is 5.13. The summed E-state index contributed by atoms with van der Waals surface area (Å²) in [5.74, 6) is 0. The zero-order valence-electron chi connectivity index (χ0n) is 9.22. The lowest BCUT2D eigenvalue weighted by Gasteiger charge is -2.19. The lowest BCUT2D eigenvalue weighted by atomic mass is 9.87. The van der Waals surface area contributed by atoms with Gasteiger partial charge in [0.05, 0.1) is 9.52 Å². The van der Waals surface area contributed by atoms with Crippen molar-refractivity contribution in [1.82, 2.24) is 0 Å². The van der Waals surface area contributed by atoms with Gasteiger partial charge < -0.3 is 0 Å². The third kappa shape index (κ3) is 3.00. The molecule has 1 aromatic carbocycles. The summed E-state index contributed by atoms with van der Waals surface area (Å²) < 4.78 is 0. The van der Waals surface area contributed by atoms with Crippen LogP contribution in [0.1, 0.15) is 33.3 Å². The standard InChI is InChI=1S/C12H20Si/c1-5-13-11-8-6-10(7-9-11)12(2,3)4/h6-9H,5,13H2,1-4H3. The number of rotatable bonds is 2. The van der Waals surface area contributed by atoms with Gasteiger partial charge in [0.2, 0.25) is 0 Å². The van der Waals surface area contributed by atoms with E-state index in [4.69, 9.17) is 0 Å². The van der Waals surface area contributed by atoms with Gasteiger partial charge in [0.25, 0.3) is 0 Å². The molecule has 13 heavy (non-hydrogen) atoms. The van der Waals surface area contributed by atoms with Gasteiger partial charge in [-0.05, 0) is 11.0 Å². The highest BCUT2D eigenvalue weighted by atomic mass is 28.2. The molecule has 0 saturated heterocycles. The van der Waals surface area contributed by atoms with Crippen molar-refractivity contribution in [1.29, 1.82) is 0 Å². The maximum Gasteiger partial charge on any atom is 0.0544 e. The molecule has 0 aliphatic carbocycles. The first kappa shape index (κ1) is 10.5. The summed E-state index contributed by atoms with van der Waals surface area (Å²) in [5.41, 5.74) is 1.74. The number of hydrogen-bond acceptors (Lipinski definition) is 0. The maximum atomic E-state index is 2.32. The molecule has 0 saturated carbocycles. The molecule has 0 atom stereocenters. The van der Waals surface area contributed by atoms with Crippen LogP contribution in [0.15, 0.2) is 24.3 Å². The number of hydrogen-bond donors (Lipinski definition) is 0. The molecule has 0 unspecified atom stereocenters. The van der Waals surface area contributed by atoms with Crippen LogP contribution in [0, 0.1) is 0 Å². The van der Waals surface area contributed by atoms with E-state index >= 15 is 0 Å². The second kappa shape index (κ2) is 4.10. The predicted octanol–water partition coefficient (Wildman–Crippen LogP) is 2.22. The first-order valence-corrected chi connectivity index (χ1v) is 6.84. The van der Waals surface area contributed by atoms with Crippen LogP contribution >= 0.6 is 0 Å². The monoisotopic (exact) mass is 192 g/mol. The fourth-order valence-corrected chi connectivity index (χ4v) is 2.61. The molecule has 1 aromatic rings. The Bertz CT molecular complexity index is 253. The summed E-state index contributed by atoms with van der Waals surface area (Å²) in [7, 11) is 0.0392. The van der Waals surface area contributed by atoms with E-state index < -0.39 is 0 Å². The average Bonchev–Trinajstić information content (AvgIpc) is 2.04. The minimum atomic E-state index is 0.0392. The quantitative estimate of drug-likeness (QED) is 0.630. The summed E-state index contributed by atoms with van der Waals surface area (Å²) in [5, 5.41) is 1.59. The molecule has 0 aromatic heterocycles. The van der Waals surface area contributed by atoms with E-state index in [-0.39, 0.29) is 9.52 Å². The summed E-state index contributed by atoms with van der Waals surface area (Å²) in [6.07, 6.45) is 0. The first-order chi connectivity index (χ1) is 6.04. The Labute approximate surface area is 84.2 Å². The van der Waals surface area contributed by atoms with Crippen LogP contribution in [0.5, 0.6) is 0 Å². The largest absolute Gasteiger partial charge is 0.0680 e. The van der Waals surface area contributed by atoms with E-state index in [2.05, 4.69) is 52.0 Å². The summed E-state index contributed by atoms with van der Waals surface area (Å²) in [6, 6.07) is 10.6. The maximum absolute atomic E-state index is 2.32. The molecule has 0 amide bonds. The Kier molecular flexibility index (Phi) is 3.31. The normalized spacial score (nSPS) is 12.6. The van der Waals surface area contributed by atoms with E-state index in [0.29, 0.717) is 5.41 Å². The Morgan fingerprint density at radius 3 is 2.00 bits per heavy atom. The van der Waals surface area contributed by atoms with Gasteiger partial charge in [-0.3, -0.25) is 0 Å². The Hall–Kier alpha value is -0.563. The minimum Gasteiger partial charge on any atom is -0.0680 e. The molecule has 0 spiro atoms. The van der Waals surface area contributed by atoms with Crippen molar-refractivity contribution < 1.29 is 0 Å². The molecule has 0 N–H and O–H groups in total. The fraction of sp³-hybridized carbons (Fsp3) is 0.500. The van der Waals surface area contributed by atoms with Crippen molar-refractivity contribution in [2.45, 2.75) is 39.2 Å². The highest BCUT2D eigenvalue weighted by Crippen LogP contribution is 2.20. The van der Waals surface area contributed by atoms with Gasteiger partial charge in [-0.1, -0.05) is 63.2 Å². The van der Waals surface area contributed by atoms with E-state index in [0.717, 1.165) is 0 Å². The third-order valence-electron chi connectivity index (χ3n) is 2.36. The van der Waals surface area contributed by atoms with Crippen molar-refractivity contribution in [2.75, 3.05) is 0 Å². The van der Waals surface area contributed by atoms with Crippen molar-refractivity contribution >= 4 is 14.7 Å². The van der Waals surface area contributed by atoms with E-state index in [1.165, 1.54) is 11.6 Å². The van der Waals surface area contributed by atoms with Crippen molar-refractivity contribution in [2.24, 2.45) is 0 Å². The van der Waals surface area contributed by atoms with E-state index in [1.54, 1.807) is 5.19 Å². The van der Waals surface area contributed by atoms with Gasteiger partial charge in [-0.25, -0.2) is 0 Å². The van der Waals surface area contributed by atoms with Crippen molar-refractivity contribution in [3.05, 3.63) is 29.8 Å². The highest BCUT2D eigenvalue weighted by Gasteiger charge is 2.12. The van der Waals surface area contributed by atoms with E-state index in [9.17, 15) is 0 Å². The summed E-state index contributed by atoms with van der Waals surface area (Å²) >= 11 is 0. The summed E-state index contributed by atoms with van der Waals surface area (Å²) in [6.45, 7) is 9.07. The molecule has 0 fully saturated rings. The molecule has 0 nitrogen and oxygen atoms in total. The van der Waals surface area contributed by atoms with Crippen LogP contribution in [-0.4, -0.2) is 9.52 Å². The Morgan fingerprint density at radius 2 is 1.62 bits per heavy atom. The van der Waals surface area contributed by atoms with Crippen LogP contribution < -0.4 is 5.19 Å². The predicted molar refractivity (Wildman–Crippen MR) is 63.8 cm³/mol. The Balaban J connectivity index is 2.81. The minimum absolute atomic E-state index is 0.0392. The lowest BCUT2D eigenvalue weighted by molar-refractivity contribution is 0.590. The van der Waals surface area contributed by atoms with Gasteiger partial charge in [-0.15, -0.1) is 0 Å². The molecule has 0 bridgehead atoms.